The molecule has 0 aliphatic rings. The van der Waals surface area contributed by atoms with Gasteiger partial charge in [0.15, 0.2) is 0 Å². The Labute approximate surface area is 284 Å². The smallest absolute Gasteiger partial charge is 0.337 e. The molecule has 0 atom stereocenters. The standard InChI is InChI=1S/C40H47NO7/c1-44-39(42)16-8-9-26-41(30-32-17-21-35(22-18-32)40(43)45-2)27-25-34-12-6-7-15-38(34)48-31-33-19-23-37(24-20-33)47-29-11-10-28-46-36-13-4-3-5-14-36/h3-7,12-15,17-24H,8-11,16,25-31H2,1-2H3. The van der Waals surface area contributed by atoms with Crippen LogP contribution in [0.5, 0.6) is 17.2 Å². The number of esters is 2. The minimum atomic E-state index is -0.348. The van der Waals surface area contributed by atoms with Crippen molar-refractivity contribution in [2.45, 2.75) is 51.7 Å². The molecular weight excluding hydrogens is 606 g/mol. The molecule has 4 aromatic carbocycles. The summed E-state index contributed by atoms with van der Waals surface area (Å²) < 4.78 is 27.6. The van der Waals surface area contributed by atoms with Crippen LogP contribution in [0.4, 0.5) is 0 Å². The summed E-state index contributed by atoms with van der Waals surface area (Å²) >= 11 is 0. The molecule has 254 valence electrons. The average molecular weight is 654 g/mol. The summed E-state index contributed by atoms with van der Waals surface area (Å²) in [6.07, 6.45) is 4.69. The number of methoxy groups -OCH3 is 2. The van der Waals surface area contributed by atoms with Gasteiger partial charge < -0.3 is 23.7 Å². The molecule has 48 heavy (non-hydrogen) atoms. The fraction of sp³-hybridized carbons (Fsp3) is 0.350. The van der Waals surface area contributed by atoms with Crippen LogP contribution >= 0.6 is 0 Å². The van der Waals surface area contributed by atoms with E-state index in [2.05, 4.69) is 11.0 Å². The molecule has 8 nitrogen and oxygen atoms in total. The van der Waals surface area contributed by atoms with Crippen molar-refractivity contribution in [1.29, 1.82) is 0 Å². The Morgan fingerprint density at radius 1 is 0.604 bits per heavy atom. The number of nitrogens with zero attached hydrogens (tertiary/aromatic N) is 1. The maximum absolute atomic E-state index is 11.9. The number of benzene rings is 4. The van der Waals surface area contributed by atoms with Gasteiger partial charge in [0, 0.05) is 19.5 Å². The fourth-order valence-electron chi connectivity index (χ4n) is 5.17. The fourth-order valence-corrected chi connectivity index (χ4v) is 5.17. The maximum atomic E-state index is 11.9. The van der Waals surface area contributed by atoms with E-state index in [1.807, 2.05) is 84.9 Å². The normalized spacial score (nSPS) is 10.8. The maximum Gasteiger partial charge on any atom is 0.337 e. The number of carbonyl (C=O) groups excluding carboxylic acids is 2. The molecule has 8 heteroatoms. The van der Waals surface area contributed by atoms with Gasteiger partial charge in [-0.15, -0.1) is 0 Å². The van der Waals surface area contributed by atoms with Crippen molar-refractivity contribution >= 4 is 11.9 Å². The van der Waals surface area contributed by atoms with Crippen molar-refractivity contribution in [2.75, 3.05) is 40.5 Å². The quantitative estimate of drug-likeness (QED) is 0.0669. The van der Waals surface area contributed by atoms with Gasteiger partial charge >= 0.3 is 11.9 Å². The monoisotopic (exact) mass is 653 g/mol. The summed E-state index contributed by atoms with van der Waals surface area (Å²) in [4.78, 5) is 25.8. The first-order valence-corrected chi connectivity index (χ1v) is 16.6. The van der Waals surface area contributed by atoms with Crippen LogP contribution in [0.25, 0.3) is 0 Å². The Morgan fingerprint density at radius 2 is 1.25 bits per heavy atom. The summed E-state index contributed by atoms with van der Waals surface area (Å²) in [7, 11) is 2.80. The largest absolute Gasteiger partial charge is 0.494 e. The van der Waals surface area contributed by atoms with Gasteiger partial charge in [-0.3, -0.25) is 9.69 Å². The van der Waals surface area contributed by atoms with E-state index in [4.69, 9.17) is 23.7 Å². The third kappa shape index (κ3) is 12.8. The predicted molar refractivity (Wildman–Crippen MR) is 187 cm³/mol. The van der Waals surface area contributed by atoms with Gasteiger partial charge in [-0.05, 0) is 97.8 Å². The molecule has 0 radical (unpaired) electrons. The van der Waals surface area contributed by atoms with E-state index in [0.29, 0.717) is 31.8 Å². The third-order valence-corrected chi connectivity index (χ3v) is 7.92. The van der Waals surface area contributed by atoms with E-state index in [1.54, 1.807) is 12.1 Å². The number of rotatable bonds is 21. The minimum Gasteiger partial charge on any atom is -0.494 e. The van der Waals surface area contributed by atoms with E-state index in [-0.39, 0.29) is 11.9 Å². The highest BCUT2D eigenvalue weighted by molar-refractivity contribution is 5.89. The van der Waals surface area contributed by atoms with Crippen LogP contribution < -0.4 is 14.2 Å². The summed E-state index contributed by atoms with van der Waals surface area (Å²) in [5.74, 6) is 2.07. The van der Waals surface area contributed by atoms with Crippen LogP contribution in [0.2, 0.25) is 0 Å². The number of hydrogen-bond acceptors (Lipinski definition) is 8. The SMILES string of the molecule is COC(=O)CCCCN(CCc1ccccc1OCc1ccc(OCCCCOc2ccccc2)cc1)Cc1ccc(C(=O)OC)cc1. The van der Waals surface area contributed by atoms with Gasteiger partial charge in [0.1, 0.15) is 23.9 Å². The van der Waals surface area contributed by atoms with Crippen LogP contribution in [0.15, 0.2) is 103 Å². The lowest BCUT2D eigenvalue weighted by molar-refractivity contribution is -0.140. The molecule has 0 aliphatic carbocycles. The Hall–Kier alpha value is -4.82. The van der Waals surface area contributed by atoms with Crippen molar-refractivity contribution in [3.05, 3.63) is 125 Å². The molecule has 4 rings (SSSR count). The van der Waals surface area contributed by atoms with Crippen molar-refractivity contribution < 1.29 is 33.3 Å². The zero-order valence-corrected chi connectivity index (χ0v) is 28.1. The van der Waals surface area contributed by atoms with Gasteiger partial charge in [0.2, 0.25) is 0 Å². The molecule has 0 bridgehead atoms. The van der Waals surface area contributed by atoms with E-state index in [1.165, 1.54) is 14.2 Å². The predicted octanol–water partition coefficient (Wildman–Crippen LogP) is 7.68. The minimum absolute atomic E-state index is 0.186. The Balaban J connectivity index is 1.25. The Morgan fingerprint density at radius 3 is 1.94 bits per heavy atom. The molecule has 0 aliphatic heterocycles. The summed E-state index contributed by atoms with van der Waals surface area (Å²) in [6.45, 7) is 4.13. The van der Waals surface area contributed by atoms with E-state index >= 15 is 0 Å². The second-order valence-electron chi connectivity index (χ2n) is 11.5. The zero-order valence-electron chi connectivity index (χ0n) is 28.1. The Bertz CT molecular complexity index is 1510. The third-order valence-electron chi connectivity index (χ3n) is 7.92. The van der Waals surface area contributed by atoms with Gasteiger partial charge in [-0.25, -0.2) is 4.79 Å². The lowest BCUT2D eigenvalue weighted by Crippen LogP contribution is -2.27. The molecule has 0 N–H and O–H groups in total. The Kier molecular flexibility index (Phi) is 15.3. The first kappa shape index (κ1) is 36.0. The first-order valence-electron chi connectivity index (χ1n) is 16.6. The number of ether oxygens (including phenoxy) is 5. The second-order valence-corrected chi connectivity index (χ2v) is 11.5. The van der Waals surface area contributed by atoms with Crippen molar-refractivity contribution in [1.82, 2.24) is 4.90 Å². The molecule has 0 aromatic heterocycles. The van der Waals surface area contributed by atoms with Crippen LogP contribution in [-0.4, -0.2) is 57.4 Å². The van der Waals surface area contributed by atoms with Crippen molar-refractivity contribution in [2.24, 2.45) is 0 Å². The molecule has 4 aromatic rings. The lowest BCUT2D eigenvalue weighted by atomic mass is 10.1. The molecule has 0 saturated heterocycles. The van der Waals surface area contributed by atoms with E-state index < -0.39 is 0 Å². The number of para-hydroxylation sites is 2. The molecule has 0 fully saturated rings. The van der Waals surface area contributed by atoms with Crippen molar-refractivity contribution in [3.63, 3.8) is 0 Å². The first-order chi connectivity index (χ1) is 23.5. The van der Waals surface area contributed by atoms with Gasteiger partial charge in [0.25, 0.3) is 0 Å². The second kappa shape index (κ2) is 20.4. The van der Waals surface area contributed by atoms with Crippen molar-refractivity contribution in [3.8, 4) is 17.2 Å². The number of hydrogen-bond donors (Lipinski definition) is 0. The average Bonchev–Trinajstić information content (AvgIpc) is 3.13. The van der Waals surface area contributed by atoms with Crippen LogP contribution in [0, 0.1) is 0 Å². The van der Waals surface area contributed by atoms with E-state index in [0.717, 1.165) is 85.7 Å². The lowest BCUT2D eigenvalue weighted by Gasteiger charge is -2.23. The van der Waals surface area contributed by atoms with Crippen LogP contribution in [0.1, 0.15) is 59.2 Å². The highest BCUT2D eigenvalue weighted by Crippen LogP contribution is 2.22. The van der Waals surface area contributed by atoms with Crippen LogP contribution in [-0.2, 0) is 33.8 Å². The van der Waals surface area contributed by atoms with Crippen LogP contribution in [0.3, 0.4) is 0 Å². The summed E-state index contributed by atoms with van der Waals surface area (Å²) in [6, 6.07) is 33.6. The topological polar surface area (TPSA) is 83.5 Å². The molecular formula is C40H47NO7. The highest BCUT2D eigenvalue weighted by Gasteiger charge is 2.12. The van der Waals surface area contributed by atoms with E-state index in [9.17, 15) is 9.59 Å². The molecule has 0 saturated carbocycles. The molecule has 0 spiro atoms. The van der Waals surface area contributed by atoms with Gasteiger partial charge in [-0.2, -0.15) is 0 Å². The highest BCUT2D eigenvalue weighted by atomic mass is 16.5. The number of carbonyl (C=O) groups is 2. The zero-order chi connectivity index (χ0) is 33.8. The summed E-state index contributed by atoms with van der Waals surface area (Å²) in [5, 5.41) is 0. The molecule has 0 unspecified atom stereocenters. The number of unbranched alkanes of at least 4 members (excludes halogenated alkanes) is 2. The van der Waals surface area contributed by atoms with Gasteiger partial charge in [-0.1, -0.05) is 60.7 Å². The molecule has 0 amide bonds. The van der Waals surface area contributed by atoms with Gasteiger partial charge in [0.05, 0.1) is 33.0 Å². The molecule has 0 heterocycles. The summed E-state index contributed by atoms with van der Waals surface area (Å²) in [5.41, 5.74) is 3.83.